The Morgan fingerprint density at radius 1 is 0.547 bits per heavy atom. The highest BCUT2D eigenvalue weighted by atomic mass is 16.7. The molecular formula is C46H85NO6. The van der Waals surface area contributed by atoms with E-state index >= 15 is 0 Å². The number of carbonyl (C=O) groups is 3. The van der Waals surface area contributed by atoms with Gasteiger partial charge in [-0.3, -0.25) is 4.79 Å². The molecule has 0 radical (unpaired) electrons. The number of Topliss-reactive ketones (excluding diaryl/α,β-unsaturated/α-hetero) is 1. The van der Waals surface area contributed by atoms with Crippen molar-refractivity contribution < 1.29 is 28.6 Å². The third-order valence-corrected chi connectivity index (χ3v) is 9.98. The summed E-state index contributed by atoms with van der Waals surface area (Å²) in [4.78, 5) is 37.7. The highest BCUT2D eigenvalue weighted by Crippen LogP contribution is 2.21. The lowest BCUT2D eigenvalue weighted by molar-refractivity contribution is -0.146. The van der Waals surface area contributed by atoms with Gasteiger partial charge in [0.15, 0.2) is 0 Å². The second-order valence-corrected chi connectivity index (χ2v) is 15.8. The molecule has 0 spiro atoms. The van der Waals surface area contributed by atoms with Gasteiger partial charge in [0.25, 0.3) is 0 Å². The van der Waals surface area contributed by atoms with E-state index in [1.807, 2.05) is 14.1 Å². The predicted molar refractivity (Wildman–Crippen MR) is 223 cm³/mol. The summed E-state index contributed by atoms with van der Waals surface area (Å²) in [6.45, 7) is 8.96. The van der Waals surface area contributed by atoms with Crippen LogP contribution in [0.4, 0.5) is 4.79 Å². The van der Waals surface area contributed by atoms with E-state index in [1.54, 1.807) is 6.92 Å². The fourth-order valence-corrected chi connectivity index (χ4v) is 6.90. The first-order valence-electron chi connectivity index (χ1n) is 22.1. The predicted octanol–water partition coefficient (Wildman–Crippen LogP) is 13.3. The molecule has 7 heteroatoms. The molecule has 7 nitrogen and oxygen atoms in total. The van der Waals surface area contributed by atoms with Crippen molar-refractivity contribution in [2.75, 3.05) is 27.2 Å². The Hall–Kier alpha value is -2.15. The zero-order valence-electron chi connectivity index (χ0n) is 35.7. The lowest BCUT2D eigenvalue weighted by Crippen LogP contribution is -2.21. The molecule has 0 aromatic carbocycles. The Labute approximate surface area is 327 Å². The molecule has 3 atom stereocenters. The van der Waals surface area contributed by atoms with Crippen LogP contribution in [0, 0.1) is 5.92 Å². The third-order valence-electron chi connectivity index (χ3n) is 9.98. The van der Waals surface area contributed by atoms with Crippen molar-refractivity contribution in [3.8, 4) is 0 Å². The van der Waals surface area contributed by atoms with Crippen LogP contribution in [0.3, 0.4) is 0 Å². The van der Waals surface area contributed by atoms with Crippen LogP contribution in [0.2, 0.25) is 0 Å². The van der Waals surface area contributed by atoms with Gasteiger partial charge in [-0.1, -0.05) is 122 Å². The zero-order chi connectivity index (χ0) is 39.2. The molecule has 1 unspecified atom stereocenters. The second kappa shape index (κ2) is 38.1. The molecule has 0 amide bonds. The van der Waals surface area contributed by atoms with Crippen molar-refractivity contribution in [1.29, 1.82) is 0 Å². The summed E-state index contributed by atoms with van der Waals surface area (Å²) in [6, 6.07) is 0. The number of ether oxygens (including phenoxy) is 3. The molecule has 0 aliphatic carbocycles. The molecule has 0 aromatic heterocycles. The van der Waals surface area contributed by atoms with Crippen LogP contribution in [0.1, 0.15) is 207 Å². The summed E-state index contributed by atoms with van der Waals surface area (Å²) in [5, 5.41) is 0. The standard InChI is InChI=1S/C46H85NO6/c1-7-9-11-25-32-43(40-41(3)48)33-26-21-17-13-14-19-23-29-36-45(53-46(50)51-39-31-38-47(5)6)37-30-24-20-16-15-18-22-28-35-44(52-42(4)49)34-27-12-10-8-2/h21-22,26,28,43-45H,7-20,23-25,27,29-40H2,1-6H3/b26-21-,28-22-/t43-,44-,45?/m1/s1. The van der Waals surface area contributed by atoms with Crippen LogP contribution in [-0.4, -0.2) is 62.3 Å². The molecule has 53 heavy (non-hydrogen) atoms. The van der Waals surface area contributed by atoms with E-state index in [2.05, 4.69) is 43.1 Å². The first-order chi connectivity index (χ1) is 25.7. The van der Waals surface area contributed by atoms with Gasteiger partial charge < -0.3 is 23.9 Å². The largest absolute Gasteiger partial charge is 0.508 e. The van der Waals surface area contributed by atoms with Crippen LogP contribution in [-0.2, 0) is 23.8 Å². The summed E-state index contributed by atoms with van der Waals surface area (Å²) in [5.41, 5.74) is 0. The third kappa shape index (κ3) is 37.9. The van der Waals surface area contributed by atoms with Crippen LogP contribution < -0.4 is 0 Å². The normalized spacial score (nSPS) is 13.5. The number of rotatable bonds is 38. The van der Waals surface area contributed by atoms with Gasteiger partial charge >= 0.3 is 12.1 Å². The van der Waals surface area contributed by atoms with E-state index in [-0.39, 0.29) is 18.2 Å². The average molecular weight is 748 g/mol. The minimum Gasteiger partial charge on any atom is -0.462 e. The Morgan fingerprint density at radius 2 is 1.04 bits per heavy atom. The zero-order valence-corrected chi connectivity index (χ0v) is 35.7. The van der Waals surface area contributed by atoms with Gasteiger partial charge in [-0.25, -0.2) is 4.79 Å². The molecule has 0 rings (SSSR count). The number of esters is 1. The minimum atomic E-state index is -0.518. The van der Waals surface area contributed by atoms with Crippen molar-refractivity contribution in [3.05, 3.63) is 24.3 Å². The van der Waals surface area contributed by atoms with Crippen molar-refractivity contribution in [1.82, 2.24) is 4.90 Å². The molecule has 0 heterocycles. The maximum Gasteiger partial charge on any atom is 0.508 e. The molecule has 0 saturated heterocycles. The van der Waals surface area contributed by atoms with Gasteiger partial charge in [0.05, 0.1) is 6.61 Å². The molecule has 0 bridgehead atoms. The number of carbonyl (C=O) groups excluding carboxylic acids is 3. The summed E-state index contributed by atoms with van der Waals surface area (Å²) < 4.78 is 16.7. The molecule has 0 saturated carbocycles. The average Bonchev–Trinajstić information content (AvgIpc) is 3.10. The maximum absolute atomic E-state index is 12.5. The van der Waals surface area contributed by atoms with E-state index in [1.165, 1.54) is 96.8 Å². The van der Waals surface area contributed by atoms with E-state index < -0.39 is 6.16 Å². The quantitative estimate of drug-likeness (QED) is 0.0353. The smallest absolute Gasteiger partial charge is 0.462 e. The lowest BCUT2D eigenvalue weighted by Gasteiger charge is -2.18. The number of nitrogens with zero attached hydrogens (tertiary/aromatic N) is 1. The molecular weight excluding hydrogens is 663 g/mol. The number of allylic oxidation sites excluding steroid dienone is 3. The van der Waals surface area contributed by atoms with Gasteiger partial charge in [-0.2, -0.15) is 0 Å². The molecule has 0 N–H and O–H groups in total. The summed E-state index contributed by atoms with van der Waals surface area (Å²) in [5.74, 6) is 0.637. The van der Waals surface area contributed by atoms with Crippen molar-refractivity contribution >= 4 is 17.9 Å². The van der Waals surface area contributed by atoms with E-state index in [0.717, 1.165) is 96.4 Å². The van der Waals surface area contributed by atoms with Crippen molar-refractivity contribution in [3.63, 3.8) is 0 Å². The van der Waals surface area contributed by atoms with E-state index in [0.29, 0.717) is 18.3 Å². The monoisotopic (exact) mass is 748 g/mol. The van der Waals surface area contributed by atoms with Gasteiger partial charge in [-0.15, -0.1) is 0 Å². The van der Waals surface area contributed by atoms with Crippen LogP contribution in [0.5, 0.6) is 0 Å². The highest BCUT2D eigenvalue weighted by molar-refractivity contribution is 5.75. The van der Waals surface area contributed by atoms with E-state index in [4.69, 9.17) is 14.2 Å². The Balaban J connectivity index is 4.40. The number of hydrogen-bond acceptors (Lipinski definition) is 7. The van der Waals surface area contributed by atoms with Gasteiger partial charge in [0, 0.05) is 26.3 Å². The maximum atomic E-state index is 12.5. The fourth-order valence-electron chi connectivity index (χ4n) is 6.90. The van der Waals surface area contributed by atoms with Crippen molar-refractivity contribution in [2.45, 2.75) is 220 Å². The molecule has 0 aliphatic rings. The van der Waals surface area contributed by atoms with E-state index in [9.17, 15) is 14.4 Å². The minimum absolute atomic E-state index is 0.00669. The summed E-state index contributed by atoms with van der Waals surface area (Å²) in [6.07, 6.45) is 39.4. The van der Waals surface area contributed by atoms with Crippen LogP contribution >= 0.6 is 0 Å². The molecule has 0 aliphatic heterocycles. The fraction of sp³-hybridized carbons (Fsp3) is 0.848. The first kappa shape index (κ1) is 50.9. The molecule has 310 valence electrons. The van der Waals surface area contributed by atoms with Crippen LogP contribution in [0.15, 0.2) is 24.3 Å². The Bertz CT molecular complexity index is 858. The number of ketones is 1. The first-order valence-corrected chi connectivity index (χ1v) is 22.1. The van der Waals surface area contributed by atoms with Gasteiger partial charge in [0.1, 0.15) is 18.0 Å². The Kier molecular flexibility index (Phi) is 36.6. The van der Waals surface area contributed by atoms with Gasteiger partial charge in [-0.05, 0) is 110 Å². The topological polar surface area (TPSA) is 82.1 Å². The molecule has 0 aromatic rings. The highest BCUT2D eigenvalue weighted by Gasteiger charge is 2.16. The SMILES string of the molecule is CCCCCC[C@H](C/C=C\CCCCCCCC(CCCCCCC/C=C\C[C@@H](CCCCCC)OC(C)=O)OC(=O)OCCCN(C)C)CC(C)=O. The Morgan fingerprint density at radius 3 is 1.57 bits per heavy atom. The van der Waals surface area contributed by atoms with Crippen molar-refractivity contribution in [2.24, 2.45) is 5.92 Å². The number of unbranched alkanes of at least 4 members (excludes halogenated alkanes) is 16. The summed E-state index contributed by atoms with van der Waals surface area (Å²) >= 11 is 0. The summed E-state index contributed by atoms with van der Waals surface area (Å²) in [7, 11) is 4.04. The lowest BCUT2D eigenvalue weighted by atomic mass is 9.92. The molecule has 0 fully saturated rings. The number of hydrogen-bond donors (Lipinski definition) is 0. The van der Waals surface area contributed by atoms with Gasteiger partial charge in [0.2, 0.25) is 0 Å². The van der Waals surface area contributed by atoms with Crippen LogP contribution in [0.25, 0.3) is 0 Å². The second-order valence-electron chi connectivity index (χ2n) is 15.8.